The van der Waals surface area contributed by atoms with Gasteiger partial charge < -0.3 is 5.11 Å². The van der Waals surface area contributed by atoms with E-state index in [1.165, 1.54) is 5.41 Å². The minimum absolute atomic E-state index is 0.158. The lowest BCUT2D eigenvalue weighted by Crippen LogP contribution is -1.95. The zero-order valence-corrected chi connectivity index (χ0v) is 14.1. The molecule has 1 atom stereocenters. The standard InChI is InChI=1S/C15H11ClN2O6S/c16-12-3-1-10(2-4-12)9-25(24)6-5-11-7-13(17(20)21)8-14(15(11)19)18(22)23/h1-8,19H,9H2/b6-5+. The van der Waals surface area contributed by atoms with Gasteiger partial charge in [-0.15, -0.1) is 0 Å². The Balaban J connectivity index is 2.27. The predicted molar refractivity (Wildman–Crippen MR) is 93.7 cm³/mol. The van der Waals surface area contributed by atoms with Gasteiger partial charge in [-0.2, -0.15) is 0 Å². The first-order chi connectivity index (χ1) is 11.8. The molecule has 0 saturated heterocycles. The van der Waals surface area contributed by atoms with Gasteiger partial charge in [-0.25, -0.2) is 0 Å². The second-order valence-electron chi connectivity index (χ2n) is 4.87. The normalized spacial score (nSPS) is 12.2. The SMILES string of the molecule is O=[N+]([O-])c1cc(/C=C/S(=O)Cc2ccc(Cl)cc2)c(O)c([N+](=O)[O-])c1. The van der Waals surface area contributed by atoms with Crippen LogP contribution in [0.2, 0.25) is 5.02 Å². The van der Waals surface area contributed by atoms with E-state index in [4.69, 9.17) is 11.6 Å². The third-order valence-electron chi connectivity index (χ3n) is 3.13. The van der Waals surface area contributed by atoms with E-state index in [1.54, 1.807) is 24.3 Å². The van der Waals surface area contributed by atoms with Gasteiger partial charge in [-0.05, 0) is 23.8 Å². The fourth-order valence-electron chi connectivity index (χ4n) is 1.94. The highest BCUT2D eigenvalue weighted by molar-refractivity contribution is 7.87. The van der Waals surface area contributed by atoms with Crippen molar-refractivity contribution in [3.05, 3.63) is 78.2 Å². The first kappa shape index (κ1) is 18.6. The minimum Gasteiger partial charge on any atom is -0.502 e. The lowest BCUT2D eigenvalue weighted by atomic mass is 10.1. The smallest absolute Gasteiger partial charge is 0.318 e. The molecule has 10 heteroatoms. The molecule has 1 unspecified atom stereocenters. The number of nitro groups is 2. The van der Waals surface area contributed by atoms with Gasteiger partial charge in [0.1, 0.15) is 0 Å². The van der Waals surface area contributed by atoms with Gasteiger partial charge in [-0.1, -0.05) is 23.7 Å². The van der Waals surface area contributed by atoms with Crippen LogP contribution in [-0.4, -0.2) is 19.2 Å². The molecule has 0 spiro atoms. The van der Waals surface area contributed by atoms with Crippen molar-refractivity contribution in [2.24, 2.45) is 0 Å². The lowest BCUT2D eigenvalue weighted by molar-refractivity contribution is -0.394. The Labute approximate surface area is 149 Å². The third kappa shape index (κ3) is 4.85. The fraction of sp³-hybridized carbons (Fsp3) is 0.0667. The number of nitrogens with zero attached hydrogens (tertiary/aromatic N) is 2. The molecule has 0 amide bonds. The maximum Gasteiger partial charge on any atom is 0.318 e. The Hall–Kier alpha value is -2.78. The summed E-state index contributed by atoms with van der Waals surface area (Å²) in [5, 5.41) is 33.4. The van der Waals surface area contributed by atoms with Crippen molar-refractivity contribution in [2.75, 3.05) is 0 Å². The van der Waals surface area contributed by atoms with Gasteiger partial charge in [-0.3, -0.25) is 24.4 Å². The van der Waals surface area contributed by atoms with E-state index >= 15 is 0 Å². The third-order valence-corrected chi connectivity index (χ3v) is 4.44. The van der Waals surface area contributed by atoms with Crippen molar-refractivity contribution in [2.45, 2.75) is 5.75 Å². The molecule has 0 aliphatic carbocycles. The molecule has 0 aliphatic rings. The molecule has 0 fully saturated rings. The first-order valence-corrected chi connectivity index (χ1v) is 8.49. The minimum atomic E-state index is -1.50. The molecule has 0 aromatic heterocycles. The van der Waals surface area contributed by atoms with Crippen LogP contribution in [0.5, 0.6) is 5.75 Å². The number of non-ortho nitro benzene ring substituents is 1. The molecule has 8 nitrogen and oxygen atoms in total. The topological polar surface area (TPSA) is 124 Å². The number of hydrogen-bond acceptors (Lipinski definition) is 6. The van der Waals surface area contributed by atoms with E-state index in [-0.39, 0.29) is 11.3 Å². The highest BCUT2D eigenvalue weighted by atomic mass is 35.5. The molecule has 2 aromatic carbocycles. The van der Waals surface area contributed by atoms with Gasteiger partial charge in [0.05, 0.1) is 32.5 Å². The summed E-state index contributed by atoms with van der Waals surface area (Å²) in [6, 6.07) is 8.32. The molecule has 2 aromatic rings. The summed E-state index contributed by atoms with van der Waals surface area (Å²) in [6.07, 6.45) is 1.15. The number of nitro benzene ring substituents is 2. The molecular weight excluding hydrogens is 372 g/mol. The Morgan fingerprint density at radius 1 is 1.12 bits per heavy atom. The predicted octanol–water partition coefficient (Wildman–Crippen LogP) is 3.78. The van der Waals surface area contributed by atoms with Crippen LogP contribution in [0.1, 0.15) is 11.1 Å². The maximum absolute atomic E-state index is 12.1. The van der Waals surface area contributed by atoms with Crippen LogP contribution in [-0.2, 0) is 16.6 Å². The summed E-state index contributed by atoms with van der Waals surface area (Å²) in [4.78, 5) is 20.0. The zero-order valence-electron chi connectivity index (χ0n) is 12.5. The number of aromatic hydroxyl groups is 1. The number of hydrogen-bond donors (Lipinski definition) is 1. The summed E-state index contributed by atoms with van der Waals surface area (Å²) >= 11 is 5.76. The molecule has 0 saturated carbocycles. The monoisotopic (exact) mass is 382 g/mol. The van der Waals surface area contributed by atoms with Crippen LogP contribution >= 0.6 is 11.6 Å². The van der Waals surface area contributed by atoms with Crippen LogP contribution in [0, 0.1) is 20.2 Å². The molecule has 1 N–H and O–H groups in total. The first-order valence-electron chi connectivity index (χ1n) is 6.73. The van der Waals surface area contributed by atoms with Crippen molar-refractivity contribution in [3.8, 4) is 5.75 Å². The van der Waals surface area contributed by atoms with Crippen molar-refractivity contribution >= 4 is 39.9 Å². The van der Waals surface area contributed by atoms with Gasteiger partial charge in [0.15, 0.2) is 0 Å². The van der Waals surface area contributed by atoms with Gasteiger partial charge in [0, 0.05) is 22.1 Å². The quantitative estimate of drug-likeness (QED) is 0.598. The van der Waals surface area contributed by atoms with Crippen LogP contribution in [0.3, 0.4) is 0 Å². The van der Waals surface area contributed by atoms with Crippen LogP contribution in [0.15, 0.2) is 41.8 Å². The Morgan fingerprint density at radius 3 is 2.32 bits per heavy atom. The number of benzene rings is 2. The highest BCUT2D eigenvalue weighted by Gasteiger charge is 2.22. The van der Waals surface area contributed by atoms with Crippen LogP contribution in [0.25, 0.3) is 6.08 Å². The van der Waals surface area contributed by atoms with Gasteiger partial charge in [0.25, 0.3) is 5.69 Å². The maximum atomic E-state index is 12.1. The average molecular weight is 383 g/mol. The number of halogens is 1. The summed E-state index contributed by atoms with van der Waals surface area (Å²) < 4.78 is 12.1. The van der Waals surface area contributed by atoms with Crippen molar-refractivity contribution in [1.29, 1.82) is 0 Å². The van der Waals surface area contributed by atoms with E-state index in [0.29, 0.717) is 11.1 Å². The summed E-state index contributed by atoms with van der Waals surface area (Å²) in [6.45, 7) is 0. The molecule has 0 radical (unpaired) electrons. The van der Waals surface area contributed by atoms with E-state index < -0.39 is 37.8 Å². The Morgan fingerprint density at radius 2 is 1.76 bits per heavy atom. The van der Waals surface area contributed by atoms with E-state index in [2.05, 4.69) is 0 Å². The largest absolute Gasteiger partial charge is 0.502 e. The van der Waals surface area contributed by atoms with Crippen LogP contribution < -0.4 is 0 Å². The van der Waals surface area contributed by atoms with E-state index in [9.17, 15) is 29.5 Å². The molecular formula is C15H11ClN2O6S. The molecule has 130 valence electrons. The summed E-state index contributed by atoms with van der Waals surface area (Å²) in [7, 11) is -1.50. The molecule has 25 heavy (non-hydrogen) atoms. The highest BCUT2D eigenvalue weighted by Crippen LogP contribution is 2.35. The molecule has 2 rings (SSSR count). The van der Waals surface area contributed by atoms with Gasteiger partial charge in [0.2, 0.25) is 5.75 Å². The fourth-order valence-corrected chi connectivity index (χ4v) is 2.98. The van der Waals surface area contributed by atoms with Gasteiger partial charge >= 0.3 is 5.69 Å². The molecule has 0 bridgehead atoms. The number of rotatable bonds is 6. The zero-order chi connectivity index (χ0) is 18.6. The number of phenolic OH excluding ortho intramolecular Hbond substituents is 1. The molecule has 0 heterocycles. The second-order valence-corrected chi connectivity index (χ2v) is 6.63. The second kappa shape index (κ2) is 7.86. The van der Waals surface area contributed by atoms with Crippen molar-refractivity contribution < 1.29 is 19.2 Å². The van der Waals surface area contributed by atoms with Crippen molar-refractivity contribution in [3.63, 3.8) is 0 Å². The lowest BCUT2D eigenvalue weighted by Gasteiger charge is -2.02. The van der Waals surface area contributed by atoms with E-state index in [1.807, 2.05) is 0 Å². The molecule has 0 aliphatic heterocycles. The van der Waals surface area contributed by atoms with Crippen molar-refractivity contribution in [1.82, 2.24) is 0 Å². The van der Waals surface area contributed by atoms with E-state index in [0.717, 1.165) is 17.7 Å². The Bertz CT molecular complexity index is 882. The van der Waals surface area contributed by atoms with Crippen LogP contribution in [0.4, 0.5) is 11.4 Å². The number of phenols is 1. The Kier molecular flexibility index (Phi) is 5.84. The summed E-state index contributed by atoms with van der Waals surface area (Å²) in [5.41, 5.74) is -0.753. The summed E-state index contributed by atoms with van der Waals surface area (Å²) in [5.74, 6) is -0.568. The average Bonchev–Trinajstić information content (AvgIpc) is 2.55.